The summed E-state index contributed by atoms with van der Waals surface area (Å²) in [6.07, 6.45) is 6.73. The van der Waals surface area contributed by atoms with Crippen molar-refractivity contribution in [3.8, 4) is 28.3 Å². The average molecular weight is 400 g/mol. The number of methoxy groups -OCH3 is 1. The molecule has 0 bridgehead atoms. The van der Waals surface area contributed by atoms with Crippen molar-refractivity contribution in [2.45, 2.75) is 12.3 Å². The zero-order valence-corrected chi connectivity index (χ0v) is 16.6. The van der Waals surface area contributed by atoms with Gasteiger partial charge in [0.2, 0.25) is 0 Å². The first kappa shape index (κ1) is 18.3. The summed E-state index contributed by atoms with van der Waals surface area (Å²) in [5, 5.41) is 11.5. The van der Waals surface area contributed by atoms with Crippen LogP contribution in [0.1, 0.15) is 11.8 Å². The van der Waals surface area contributed by atoms with Gasteiger partial charge < -0.3 is 19.4 Å². The van der Waals surface area contributed by atoms with E-state index in [9.17, 15) is 0 Å². The molecule has 0 amide bonds. The number of epoxide rings is 1. The lowest BCUT2D eigenvalue weighted by Crippen LogP contribution is -2.05. The minimum Gasteiger partial charge on any atom is -0.495 e. The van der Waals surface area contributed by atoms with E-state index in [1.807, 2.05) is 60.3 Å². The predicted octanol–water partition coefficient (Wildman–Crippen LogP) is 3.46. The van der Waals surface area contributed by atoms with Crippen LogP contribution in [0.3, 0.4) is 0 Å². The standard InChI is InChI=1S/C22H20N6O2/c1-28-13-25-27-21(28)15-4-3-5-17(8-15)26-22-20(30-22)19-10-14(6-7-24-19)16-9-18(29-2)12-23-11-16/h3-13,20,22,26H,1-2H3/t20-,22?/m0/s1. The van der Waals surface area contributed by atoms with E-state index in [4.69, 9.17) is 9.47 Å². The maximum Gasteiger partial charge on any atom is 0.163 e. The Morgan fingerprint density at radius 1 is 1.07 bits per heavy atom. The average Bonchev–Trinajstić information content (AvgIpc) is 3.42. The zero-order valence-electron chi connectivity index (χ0n) is 16.6. The number of hydrogen-bond donors (Lipinski definition) is 1. The summed E-state index contributed by atoms with van der Waals surface area (Å²) in [4.78, 5) is 8.72. The molecule has 1 aliphatic heterocycles. The van der Waals surface area contributed by atoms with Crippen LogP contribution in [-0.2, 0) is 11.8 Å². The van der Waals surface area contributed by atoms with Crippen LogP contribution in [0.15, 0.2) is 67.4 Å². The third-order valence-corrected chi connectivity index (χ3v) is 4.99. The van der Waals surface area contributed by atoms with Gasteiger partial charge in [0.15, 0.2) is 12.1 Å². The molecule has 30 heavy (non-hydrogen) atoms. The Morgan fingerprint density at radius 3 is 2.83 bits per heavy atom. The summed E-state index contributed by atoms with van der Waals surface area (Å²) in [6.45, 7) is 0. The van der Waals surface area contributed by atoms with Crippen LogP contribution in [0.25, 0.3) is 22.5 Å². The Labute approximate surface area is 173 Å². The number of hydrogen-bond acceptors (Lipinski definition) is 7. The van der Waals surface area contributed by atoms with Gasteiger partial charge in [-0.3, -0.25) is 9.97 Å². The minimum atomic E-state index is -0.133. The van der Waals surface area contributed by atoms with E-state index in [0.717, 1.165) is 39.6 Å². The summed E-state index contributed by atoms with van der Waals surface area (Å²) >= 11 is 0. The second kappa shape index (κ2) is 7.57. The second-order valence-corrected chi connectivity index (χ2v) is 7.05. The summed E-state index contributed by atoms with van der Waals surface area (Å²) in [5.41, 5.74) is 4.81. The van der Waals surface area contributed by atoms with Crippen molar-refractivity contribution in [1.82, 2.24) is 24.7 Å². The molecular formula is C22H20N6O2. The van der Waals surface area contributed by atoms with Gasteiger partial charge in [-0.2, -0.15) is 0 Å². The quantitative estimate of drug-likeness (QED) is 0.496. The van der Waals surface area contributed by atoms with E-state index < -0.39 is 0 Å². The van der Waals surface area contributed by atoms with Crippen LogP contribution >= 0.6 is 0 Å². The summed E-state index contributed by atoms with van der Waals surface area (Å²) in [5.74, 6) is 1.53. The molecule has 150 valence electrons. The van der Waals surface area contributed by atoms with Gasteiger partial charge in [-0.05, 0) is 35.9 Å². The molecule has 1 N–H and O–H groups in total. The van der Waals surface area contributed by atoms with Crippen molar-refractivity contribution >= 4 is 5.69 Å². The molecule has 4 aromatic rings. The van der Waals surface area contributed by atoms with Gasteiger partial charge >= 0.3 is 0 Å². The maximum absolute atomic E-state index is 5.85. The zero-order chi connectivity index (χ0) is 20.5. The lowest BCUT2D eigenvalue weighted by Gasteiger charge is -2.07. The van der Waals surface area contributed by atoms with Gasteiger partial charge in [0, 0.05) is 36.3 Å². The van der Waals surface area contributed by atoms with Crippen molar-refractivity contribution in [2.75, 3.05) is 12.4 Å². The van der Waals surface area contributed by atoms with E-state index in [2.05, 4.69) is 25.5 Å². The van der Waals surface area contributed by atoms with Crippen LogP contribution in [0.4, 0.5) is 5.69 Å². The molecular weight excluding hydrogens is 380 g/mol. The van der Waals surface area contributed by atoms with Crippen molar-refractivity contribution < 1.29 is 9.47 Å². The first-order valence-corrected chi connectivity index (χ1v) is 9.53. The Balaban J connectivity index is 1.31. The van der Waals surface area contributed by atoms with Crippen LogP contribution in [0.2, 0.25) is 0 Å². The smallest absolute Gasteiger partial charge is 0.163 e. The molecule has 1 aromatic carbocycles. The van der Waals surface area contributed by atoms with Gasteiger partial charge in [0.25, 0.3) is 0 Å². The molecule has 0 spiro atoms. The molecule has 1 fully saturated rings. The number of anilines is 1. The molecule has 0 aliphatic carbocycles. The fraction of sp³-hybridized carbons (Fsp3) is 0.182. The number of nitrogens with zero attached hydrogens (tertiary/aromatic N) is 5. The fourth-order valence-corrected chi connectivity index (χ4v) is 3.38. The summed E-state index contributed by atoms with van der Waals surface area (Å²) in [7, 11) is 3.55. The molecule has 1 unspecified atom stereocenters. The van der Waals surface area contributed by atoms with Gasteiger partial charge in [0.05, 0.1) is 19.0 Å². The molecule has 1 aliphatic rings. The maximum atomic E-state index is 5.85. The number of aromatic nitrogens is 5. The van der Waals surface area contributed by atoms with E-state index in [1.54, 1.807) is 25.8 Å². The van der Waals surface area contributed by atoms with Crippen molar-refractivity contribution in [3.05, 3.63) is 73.1 Å². The van der Waals surface area contributed by atoms with E-state index in [1.165, 1.54) is 0 Å². The molecule has 0 radical (unpaired) electrons. The number of pyridine rings is 2. The van der Waals surface area contributed by atoms with Gasteiger partial charge in [-0.1, -0.05) is 12.1 Å². The normalized spacial score (nSPS) is 17.5. The molecule has 5 rings (SSSR count). The second-order valence-electron chi connectivity index (χ2n) is 7.05. The van der Waals surface area contributed by atoms with Gasteiger partial charge in [-0.15, -0.1) is 10.2 Å². The van der Waals surface area contributed by atoms with Crippen LogP contribution < -0.4 is 10.1 Å². The van der Waals surface area contributed by atoms with E-state index >= 15 is 0 Å². The Kier molecular flexibility index (Phi) is 4.61. The number of rotatable bonds is 6. The molecule has 3 aromatic heterocycles. The van der Waals surface area contributed by atoms with Crippen molar-refractivity contribution in [2.24, 2.45) is 7.05 Å². The molecule has 0 saturated carbocycles. The van der Waals surface area contributed by atoms with Crippen LogP contribution in [0.5, 0.6) is 5.75 Å². The predicted molar refractivity (Wildman–Crippen MR) is 112 cm³/mol. The first-order valence-electron chi connectivity index (χ1n) is 9.53. The highest BCUT2D eigenvalue weighted by Gasteiger charge is 2.41. The Bertz CT molecular complexity index is 1190. The molecule has 4 heterocycles. The first-order chi connectivity index (χ1) is 14.7. The van der Waals surface area contributed by atoms with Crippen molar-refractivity contribution in [3.63, 3.8) is 0 Å². The SMILES string of the molecule is COc1cncc(-c2ccnc([C@@H]3OC3Nc3cccc(-c4nncn4C)c3)c2)c1. The molecule has 8 nitrogen and oxygen atoms in total. The Hall–Kier alpha value is -3.78. The highest BCUT2D eigenvalue weighted by atomic mass is 16.6. The van der Waals surface area contributed by atoms with Gasteiger partial charge in [0.1, 0.15) is 18.2 Å². The Morgan fingerprint density at radius 2 is 2.00 bits per heavy atom. The highest BCUT2D eigenvalue weighted by Crippen LogP contribution is 2.39. The molecule has 2 atom stereocenters. The van der Waals surface area contributed by atoms with Crippen LogP contribution in [-0.4, -0.2) is 38.1 Å². The fourth-order valence-electron chi connectivity index (χ4n) is 3.38. The third kappa shape index (κ3) is 3.60. The topological polar surface area (TPSA) is 90.3 Å². The number of nitrogens with one attached hydrogen (secondary N) is 1. The molecule has 8 heteroatoms. The van der Waals surface area contributed by atoms with Gasteiger partial charge in [-0.25, -0.2) is 0 Å². The number of ether oxygens (including phenoxy) is 2. The van der Waals surface area contributed by atoms with E-state index in [0.29, 0.717) is 0 Å². The largest absolute Gasteiger partial charge is 0.495 e. The monoisotopic (exact) mass is 400 g/mol. The summed E-state index contributed by atoms with van der Waals surface area (Å²) in [6, 6.07) is 14.0. The van der Waals surface area contributed by atoms with Crippen molar-refractivity contribution in [1.29, 1.82) is 0 Å². The highest BCUT2D eigenvalue weighted by molar-refractivity contribution is 5.65. The van der Waals surface area contributed by atoms with E-state index in [-0.39, 0.29) is 12.3 Å². The number of benzene rings is 1. The lowest BCUT2D eigenvalue weighted by molar-refractivity contribution is 0.383. The summed E-state index contributed by atoms with van der Waals surface area (Å²) < 4.78 is 13.0. The molecule has 1 saturated heterocycles. The third-order valence-electron chi connectivity index (χ3n) is 4.99. The lowest BCUT2D eigenvalue weighted by atomic mass is 10.1. The number of aryl methyl sites for hydroxylation is 1. The minimum absolute atomic E-state index is 0.109. The van der Waals surface area contributed by atoms with Crippen LogP contribution in [0, 0.1) is 0 Å².